The normalized spacial score (nSPS) is 12.8. The van der Waals surface area contributed by atoms with E-state index in [4.69, 9.17) is 15.2 Å². The first-order valence-electron chi connectivity index (χ1n) is 5.47. The predicted octanol–water partition coefficient (Wildman–Crippen LogP) is 0.912. The molecule has 0 radical (unpaired) electrons. The molecule has 0 saturated heterocycles. The van der Waals surface area contributed by atoms with Crippen LogP contribution in [0.25, 0.3) is 0 Å². The molecule has 0 aliphatic carbocycles. The van der Waals surface area contributed by atoms with Gasteiger partial charge in [-0.2, -0.15) is 0 Å². The first-order chi connectivity index (χ1) is 6.99. The molecule has 4 heteroatoms. The highest BCUT2D eigenvalue weighted by atomic mass is 16.7. The van der Waals surface area contributed by atoms with Crippen LogP contribution in [0.3, 0.4) is 0 Å². The van der Waals surface area contributed by atoms with Crippen molar-refractivity contribution in [3.63, 3.8) is 0 Å². The third-order valence-corrected chi connectivity index (χ3v) is 2.58. The van der Waals surface area contributed by atoms with Crippen molar-refractivity contribution in [2.75, 3.05) is 40.4 Å². The largest absolute Gasteiger partial charge is 0.355 e. The van der Waals surface area contributed by atoms with Gasteiger partial charge in [0.2, 0.25) is 0 Å². The monoisotopic (exact) mass is 218 g/mol. The maximum Gasteiger partial charge on any atom is 0.169 e. The fourth-order valence-electron chi connectivity index (χ4n) is 1.43. The fourth-order valence-corrected chi connectivity index (χ4v) is 1.43. The number of rotatable bonds is 8. The zero-order valence-corrected chi connectivity index (χ0v) is 10.7. The highest BCUT2D eigenvalue weighted by Gasteiger charge is 2.21. The molecule has 0 rings (SSSR count). The molecule has 2 N–H and O–H groups in total. The Labute approximate surface area is 93.7 Å². The molecule has 0 atom stereocenters. The van der Waals surface area contributed by atoms with Gasteiger partial charge >= 0.3 is 0 Å². The third kappa shape index (κ3) is 6.10. The predicted molar refractivity (Wildman–Crippen MR) is 62.8 cm³/mol. The Morgan fingerprint density at radius 1 is 1.27 bits per heavy atom. The van der Waals surface area contributed by atoms with Gasteiger partial charge in [0.05, 0.1) is 0 Å². The van der Waals surface area contributed by atoms with Crippen LogP contribution in [0.4, 0.5) is 0 Å². The molecule has 0 unspecified atom stereocenters. The maximum absolute atomic E-state index is 5.72. The van der Waals surface area contributed by atoms with E-state index in [0.29, 0.717) is 6.54 Å². The highest BCUT2D eigenvalue weighted by Crippen LogP contribution is 2.15. The van der Waals surface area contributed by atoms with E-state index in [1.807, 2.05) is 0 Å². The van der Waals surface area contributed by atoms with E-state index in [2.05, 4.69) is 25.7 Å². The average molecular weight is 218 g/mol. The lowest BCUT2D eigenvalue weighted by atomic mass is 9.93. The lowest BCUT2D eigenvalue weighted by Crippen LogP contribution is -2.42. The number of likely N-dealkylation sites (N-methyl/N-ethyl adjacent to an activating group) is 1. The molecular weight excluding hydrogens is 192 g/mol. The summed E-state index contributed by atoms with van der Waals surface area (Å²) in [5.41, 5.74) is 5.86. The van der Waals surface area contributed by atoms with Crippen molar-refractivity contribution in [2.45, 2.75) is 27.1 Å². The molecule has 0 aromatic heterocycles. The van der Waals surface area contributed by atoms with Crippen molar-refractivity contribution in [1.82, 2.24) is 4.90 Å². The quantitative estimate of drug-likeness (QED) is 0.615. The molecule has 92 valence electrons. The van der Waals surface area contributed by atoms with Crippen molar-refractivity contribution in [2.24, 2.45) is 11.1 Å². The number of hydrogen-bond acceptors (Lipinski definition) is 4. The van der Waals surface area contributed by atoms with Gasteiger partial charge in [-0.3, -0.25) is 4.90 Å². The van der Waals surface area contributed by atoms with E-state index in [9.17, 15) is 0 Å². The Kier molecular flexibility index (Phi) is 7.09. The van der Waals surface area contributed by atoms with E-state index in [0.717, 1.165) is 19.6 Å². The zero-order valence-electron chi connectivity index (χ0n) is 10.7. The molecule has 0 spiro atoms. The van der Waals surface area contributed by atoms with Gasteiger partial charge in [0.1, 0.15) is 0 Å². The number of nitrogens with zero attached hydrogens (tertiary/aromatic N) is 1. The van der Waals surface area contributed by atoms with Crippen molar-refractivity contribution in [3.8, 4) is 0 Å². The standard InChI is InChI=1S/C11H26N2O2/c1-6-13(7-10(14-4)15-5)9-11(2,3)8-12/h10H,6-9,12H2,1-5H3. The van der Waals surface area contributed by atoms with Crippen LogP contribution >= 0.6 is 0 Å². The Bertz CT molecular complexity index is 159. The molecular formula is C11H26N2O2. The zero-order chi connectivity index (χ0) is 11.9. The Hall–Kier alpha value is -0.160. The van der Waals surface area contributed by atoms with Crippen LogP contribution in [0.1, 0.15) is 20.8 Å². The minimum Gasteiger partial charge on any atom is -0.355 e. The Morgan fingerprint density at radius 3 is 2.13 bits per heavy atom. The average Bonchev–Trinajstić information content (AvgIpc) is 2.24. The lowest BCUT2D eigenvalue weighted by molar-refractivity contribution is -0.118. The molecule has 15 heavy (non-hydrogen) atoms. The number of hydrogen-bond donors (Lipinski definition) is 1. The topological polar surface area (TPSA) is 47.7 Å². The summed E-state index contributed by atoms with van der Waals surface area (Å²) in [5, 5.41) is 0. The summed E-state index contributed by atoms with van der Waals surface area (Å²) in [4.78, 5) is 2.30. The van der Waals surface area contributed by atoms with Gasteiger partial charge < -0.3 is 15.2 Å². The van der Waals surface area contributed by atoms with Gasteiger partial charge in [0.15, 0.2) is 6.29 Å². The molecule has 0 aromatic carbocycles. The van der Waals surface area contributed by atoms with Crippen molar-refractivity contribution in [3.05, 3.63) is 0 Å². The number of ether oxygens (including phenoxy) is 2. The summed E-state index contributed by atoms with van der Waals surface area (Å²) in [7, 11) is 3.33. The van der Waals surface area contributed by atoms with Gasteiger partial charge in [0.25, 0.3) is 0 Å². The van der Waals surface area contributed by atoms with E-state index < -0.39 is 0 Å². The van der Waals surface area contributed by atoms with E-state index >= 15 is 0 Å². The van der Waals surface area contributed by atoms with E-state index in [1.165, 1.54) is 0 Å². The Morgan fingerprint density at radius 2 is 1.80 bits per heavy atom. The van der Waals surface area contributed by atoms with E-state index in [1.54, 1.807) is 14.2 Å². The van der Waals surface area contributed by atoms with Crippen molar-refractivity contribution >= 4 is 0 Å². The van der Waals surface area contributed by atoms with Gasteiger partial charge in [-0.1, -0.05) is 20.8 Å². The maximum atomic E-state index is 5.72. The first-order valence-corrected chi connectivity index (χ1v) is 5.47. The second-order valence-electron chi connectivity index (χ2n) is 4.60. The van der Waals surface area contributed by atoms with Crippen LogP contribution in [0, 0.1) is 5.41 Å². The van der Waals surface area contributed by atoms with Crippen LogP contribution in [-0.2, 0) is 9.47 Å². The molecule has 0 aromatic rings. The van der Waals surface area contributed by atoms with Gasteiger partial charge in [-0.25, -0.2) is 0 Å². The molecule has 4 nitrogen and oxygen atoms in total. The molecule has 0 fully saturated rings. The fraction of sp³-hybridized carbons (Fsp3) is 1.00. The summed E-state index contributed by atoms with van der Waals surface area (Å²) in [6, 6.07) is 0. The summed E-state index contributed by atoms with van der Waals surface area (Å²) in [6.07, 6.45) is -0.154. The van der Waals surface area contributed by atoms with E-state index in [-0.39, 0.29) is 11.7 Å². The number of methoxy groups -OCH3 is 2. The second kappa shape index (κ2) is 7.17. The summed E-state index contributed by atoms with van der Waals surface area (Å²) >= 11 is 0. The van der Waals surface area contributed by atoms with Crippen molar-refractivity contribution in [1.29, 1.82) is 0 Å². The minimum absolute atomic E-state index is 0.141. The SMILES string of the molecule is CCN(CC(OC)OC)CC(C)(C)CN. The molecule has 0 saturated carbocycles. The molecule has 0 aliphatic heterocycles. The van der Waals surface area contributed by atoms with Crippen LogP contribution < -0.4 is 5.73 Å². The lowest BCUT2D eigenvalue weighted by Gasteiger charge is -2.32. The van der Waals surface area contributed by atoms with Crippen LogP contribution in [0.5, 0.6) is 0 Å². The first kappa shape index (κ1) is 14.8. The highest BCUT2D eigenvalue weighted by molar-refractivity contribution is 4.74. The summed E-state index contributed by atoms with van der Waals surface area (Å²) in [5.74, 6) is 0. The minimum atomic E-state index is -0.154. The molecule has 0 aliphatic rings. The second-order valence-corrected chi connectivity index (χ2v) is 4.60. The smallest absolute Gasteiger partial charge is 0.169 e. The summed E-state index contributed by atoms with van der Waals surface area (Å²) < 4.78 is 10.4. The molecule has 0 amide bonds. The number of nitrogens with two attached hydrogens (primary N) is 1. The Balaban J connectivity index is 4.13. The van der Waals surface area contributed by atoms with Gasteiger partial charge in [0, 0.05) is 27.3 Å². The van der Waals surface area contributed by atoms with Crippen molar-refractivity contribution < 1.29 is 9.47 Å². The third-order valence-electron chi connectivity index (χ3n) is 2.58. The van der Waals surface area contributed by atoms with Crippen LogP contribution in [0.2, 0.25) is 0 Å². The van der Waals surface area contributed by atoms with Gasteiger partial charge in [-0.05, 0) is 18.5 Å². The summed E-state index contributed by atoms with van der Waals surface area (Å²) in [6.45, 7) is 9.89. The van der Waals surface area contributed by atoms with Gasteiger partial charge in [-0.15, -0.1) is 0 Å². The van der Waals surface area contributed by atoms with Crippen LogP contribution in [0.15, 0.2) is 0 Å². The van der Waals surface area contributed by atoms with Crippen LogP contribution in [-0.4, -0.2) is 51.6 Å². The molecule has 0 bridgehead atoms. The molecule has 0 heterocycles.